The summed E-state index contributed by atoms with van der Waals surface area (Å²) in [6.45, 7) is 0.834. The average Bonchev–Trinajstić information content (AvgIpc) is 3.31. The first-order valence-corrected chi connectivity index (χ1v) is 13.5. The molecule has 0 aliphatic carbocycles. The molecule has 4 aromatic carbocycles. The summed E-state index contributed by atoms with van der Waals surface area (Å²) in [5.74, 6) is 0. The number of anilines is 1. The van der Waals surface area contributed by atoms with Crippen molar-refractivity contribution in [2.75, 3.05) is 11.9 Å². The Hall–Kier alpha value is -4.41. The second-order valence-electron chi connectivity index (χ2n) is 9.45. The molecule has 0 saturated carbocycles. The molecule has 0 saturated heterocycles. The van der Waals surface area contributed by atoms with Crippen LogP contribution in [0.3, 0.4) is 0 Å². The van der Waals surface area contributed by atoms with E-state index in [-0.39, 0.29) is 0 Å². The molecule has 0 spiro atoms. The Morgan fingerprint density at radius 3 is 2.16 bits per heavy atom. The number of pyridine rings is 1. The van der Waals surface area contributed by atoms with Crippen molar-refractivity contribution < 1.29 is 0 Å². The van der Waals surface area contributed by atoms with Crippen LogP contribution in [0.2, 0.25) is 0 Å². The molecule has 0 radical (unpaired) electrons. The van der Waals surface area contributed by atoms with Crippen molar-refractivity contribution >= 4 is 38.6 Å². The molecular weight excluding hydrogens is 530 g/mol. The van der Waals surface area contributed by atoms with Crippen molar-refractivity contribution in [3.63, 3.8) is 0 Å². The van der Waals surface area contributed by atoms with Gasteiger partial charge in [0.15, 0.2) is 0 Å². The highest BCUT2D eigenvalue weighted by Gasteiger charge is 2.19. The molecule has 182 valence electrons. The minimum absolute atomic E-state index is 0.834. The number of rotatable bonds is 4. The summed E-state index contributed by atoms with van der Waals surface area (Å²) >= 11 is 3.68. The van der Waals surface area contributed by atoms with Gasteiger partial charge in [-0.15, -0.1) is 0 Å². The maximum Gasteiger partial charge on any atom is 0.0716 e. The number of benzene rings is 4. The summed E-state index contributed by atoms with van der Waals surface area (Å²) in [5, 5.41) is 4.79. The Morgan fingerprint density at radius 2 is 1.37 bits per heavy atom. The molecule has 0 fully saturated rings. The first-order chi connectivity index (χ1) is 18.7. The molecule has 7 rings (SSSR count). The van der Waals surface area contributed by atoms with Gasteiger partial charge in [0.2, 0.25) is 0 Å². The summed E-state index contributed by atoms with van der Waals surface area (Å²) in [6, 6.07) is 40.5. The molecular formula is C34H24BrN3. The van der Waals surface area contributed by atoms with E-state index in [1.807, 2.05) is 6.07 Å². The van der Waals surface area contributed by atoms with E-state index in [0.717, 1.165) is 56.0 Å². The summed E-state index contributed by atoms with van der Waals surface area (Å²) in [7, 11) is 0. The van der Waals surface area contributed by atoms with E-state index in [4.69, 9.17) is 4.98 Å². The van der Waals surface area contributed by atoms with Crippen LogP contribution in [-0.4, -0.2) is 16.1 Å². The average molecular weight is 554 g/mol. The minimum atomic E-state index is 0.834. The van der Waals surface area contributed by atoms with Crippen LogP contribution in [0.15, 0.2) is 126 Å². The molecule has 3 nitrogen and oxygen atoms in total. The Kier molecular flexibility index (Phi) is 5.67. The van der Waals surface area contributed by atoms with Crippen LogP contribution in [0.25, 0.3) is 56.3 Å². The van der Waals surface area contributed by atoms with Crippen molar-refractivity contribution in [2.24, 2.45) is 0 Å². The van der Waals surface area contributed by atoms with Crippen molar-refractivity contribution in [3.8, 4) is 39.3 Å². The number of fused-ring (bicyclic) bond motifs is 3. The van der Waals surface area contributed by atoms with Gasteiger partial charge in [-0.2, -0.15) is 0 Å². The molecule has 0 bridgehead atoms. The summed E-state index contributed by atoms with van der Waals surface area (Å²) in [5.41, 5.74) is 11.0. The maximum absolute atomic E-state index is 5.14. The zero-order valence-corrected chi connectivity index (χ0v) is 22.2. The highest BCUT2D eigenvalue weighted by molar-refractivity contribution is 9.10. The number of aromatic nitrogens is 2. The lowest BCUT2D eigenvalue weighted by Crippen LogP contribution is -2.06. The van der Waals surface area contributed by atoms with Gasteiger partial charge < -0.3 is 9.88 Å². The van der Waals surface area contributed by atoms with Gasteiger partial charge in [0.25, 0.3) is 0 Å². The monoisotopic (exact) mass is 553 g/mol. The topological polar surface area (TPSA) is 29.9 Å². The van der Waals surface area contributed by atoms with Crippen molar-refractivity contribution in [3.05, 3.63) is 132 Å². The minimum Gasteiger partial charge on any atom is -0.379 e. The second kappa shape index (κ2) is 9.47. The molecule has 1 aliphatic heterocycles. The fourth-order valence-electron chi connectivity index (χ4n) is 5.27. The van der Waals surface area contributed by atoms with Crippen LogP contribution in [0.5, 0.6) is 0 Å². The van der Waals surface area contributed by atoms with E-state index in [2.05, 4.69) is 147 Å². The molecule has 6 aromatic rings. The van der Waals surface area contributed by atoms with Gasteiger partial charge in [0.1, 0.15) is 0 Å². The van der Waals surface area contributed by atoms with Crippen LogP contribution in [0.1, 0.15) is 5.69 Å². The molecule has 0 unspecified atom stereocenters. The number of hydrogen-bond donors (Lipinski definition) is 1. The molecule has 0 atom stereocenters. The van der Waals surface area contributed by atoms with Crippen LogP contribution in [-0.2, 0) is 0 Å². The molecule has 1 aliphatic rings. The Balaban J connectivity index is 1.42. The summed E-state index contributed by atoms with van der Waals surface area (Å²) < 4.78 is 3.40. The number of hydrogen-bond acceptors (Lipinski definition) is 2. The third-order valence-corrected chi connectivity index (χ3v) is 7.53. The molecule has 1 N–H and O–H groups in total. The lowest BCUT2D eigenvalue weighted by atomic mass is 10.00. The van der Waals surface area contributed by atoms with Crippen molar-refractivity contribution in [1.29, 1.82) is 0 Å². The van der Waals surface area contributed by atoms with Gasteiger partial charge in [0, 0.05) is 33.2 Å². The number of nitrogens with zero attached hydrogens (tertiary/aromatic N) is 2. The molecule has 4 heteroatoms. The van der Waals surface area contributed by atoms with Crippen molar-refractivity contribution in [2.45, 2.75) is 0 Å². The smallest absolute Gasteiger partial charge is 0.0716 e. The van der Waals surface area contributed by atoms with Gasteiger partial charge in [-0.1, -0.05) is 94.8 Å². The van der Waals surface area contributed by atoms with E-state index in [9.17, 15) is 0 Å². The Bertz CT molecular complexity index is 1760. The number of nitrogens with one attached hydrogen (secondary N) is 1. The summed E-state index contributed by atoms with van der Waals surface area (Å²) in [4.78, 5) is 5.14. The number of halogens is 1. The van der Waals surface area contributed by atoms with Crippen molar-refractivity contribution in [1.82, 2.24) is 9.55 Å². The van der Waals surface area contributed by atoms with Crippen LogP contribution < -0.4 is 5.32 Å². The first-order valence-electron chi connectivity index (χ1n) is 12.7. The fourth-order valence-corrected chi connectivity index (χ4v) is 5.62. The van der Waals surface area contributed by atoms with Crippen LogP contribution in [0, 0.1) is 0 Å². The van der Waals surface area contributed by atoms with E-state index >= 15 is 0 Å². The molecule has 38 heavy (non-hydrogen) atoms. The van der Waals surface area contributed by atoms with Gasteiger partial charge in [-0.25, -0.2) is 4.98 Å². The zero-order chi connectivity index (χ0) is 25.5. The highest BCUT2D eigenvalue weighted by atomic mass is 79.9. The van der Waals surface area contributed by atoms with Gasteiger partial charge >= 0.3 is 0 Å². The van der Waals surface area contributed by atoms with E-state index in [0.29, 0.717) is 0 Å². The predicted octanol–water partition coefficient (Wildman–Crippen LogP) is 9.23. The van der Waals surface area contributed by atoms with Gasteiger partial charge in [-0.05, 0) is 59.7 Å². The SMILES string of the molecule is Brc1ccc2c3c(n(-c4cccc(-c5cc(-c6ccccc6)cc(-c6ccccc6)n5)c4)c2c1)C=CCN3. The van der Waals surface area contributed by atoms with Gasteiger partial charge in [0.05, 0.1) is 28.3 Å². The fraction of sp³-hybridized carbons (Fsp3) is 0.0294. The third kappa shape index (κ3) is 4.04. The van der Waals surface area contributed by atoms with E-state index < -0.39 is 0 Å². The lowest BCUT2D eigenvalue weighted by Gasteiger charge is -2.15. The maximum atomic E-state index is 5.14. The zero-order valence-electron chi connectivity index (χ0n) is 20.6. The van der Waals surface area contributed by atoms with Crippen LogP contribution >= 0.6 is 15.9 Å². The molecule has 2 aromatic heterocycles. The second-order valence-corrected chi connectivity index (χ2v) is 10.4. The Labute approximate surface area is 230 Å². The quantitative estimate of drug-likeness (QED) is 0.235. The third-order valence-electron chi connectivity index (χ3n) is 7.04. The largest absolute Gasteiger partial charge is 0.379 e. The van der Waals surface area contributed by atoms with E-state index in [1.165, 1.54) is 16.6 Å². The van der Waals surface area contributed by atoms with Crippen LogP contribution in [0.4, 0.5) is 5.69 Å². The standard InChI is InChI=1S/C34H24BrN3/c35-27-16-17-29-33(22-27)38(32-15-8-18-36-34(29)32)28-14-7-13-25(19-28)31-21-26(23-9-3-1-4-10-23)20-30(37-31)24-11-5-2-6-12-24/h1-17,19-22,36H,18H2. The normalized spacial score (nSPS) is 12.3. The molecule has 3 heterocycles. The highest BCUT2D eigenvalue weighted by Crippen LogP contribution is 2.38. The Morgan fingerprint density at radius 1 is 0.658 bits per heavy atom. The van der Waals surface area contributed by atoms with E-state index in [1.54, 1.807) is 0 Å². The lowest BCUT2D eigenvalue weighted by molar-refractivity contribution is 1.10. The van der Waals surface area contributed by atoms with Gasteiger partial charge in [-0.3, -0.25) is 0 Å². The predicted molar refractivity (Wildman–Crippen MR) is 163 cm³/mol. The molecule has 0 amide bonds. The summed E-state index contributed by atoms with van der Waals surface area (Å²) in [6.07, 6.45) is 4.39. The first kappa shape index (κ1) is 22.8.